The summed E-state index contributed by atoms with van der Waals surface area (Å²) >= 11 is 1.40. The number of thioether (sulfide) groups is 1. The van der Waals surface area contributed by atoms with Crippen molar-refractivity contribution >= 4 is 41.1 Å². The predicted molar refractivity (Wildman–Crippen MR) is 163 cm³/mol. The van der Waals surface area contributed by atoms with Crippen molar-refractivity contribution in [2.45, 2.75) is 31.3 Å². The van der Waals surface area contributed by atoms with Crippen molar-refractivity contribution < 1.29 is 4.74 Å². The van der Waals surface area contributed by atoms with Gasteiger partial charge in [-0.25, -0.2) is 9.67 Å². The highest BCUT2D eigenvalue weighted by Crippen LogP contribution is 2.31. The standard InChI is InChI=1S/C29H30N10OS/c1-29(2,3)22-15-24(39(38-22)19-9-12-21-18(14-19)6-5-13-31-21)33-27-35-26(36-37-27)17-7-10-20(11-8-17)40-25-16-23(30)32-28(34-25)41-4/h5-12,14-16,31H,13H2,1-4H3,(H2,30,32,34)(H2,33,35,36,37). The second-order valence-electron chi connectivity index (χ2n) is 10.5. The highest BCUT2D eigenvalue weighted by Gasteiger charge is 2.22. The summed E-state index contributed by atoms with van der Waals surface area (Å²) in [6.07, 6.45) is 6.11. The lowest BCUT2D eigenvalue weighted by molar-refractivity contribution is 0.456. The molecule has 4 heterocycles. The van der Waals surface area contributed by atoms with Crippen molar-refractivity contribution in [2.75, 3.05) is 29.2 Å². The van der Waals surface area contributed by atoms with Gasteiger partial charge < -0.3 is 21.1 Å². The number of nitrogen functional groups attached to an aromatic ring is 1. The fourth-order valence-corrected chi connectivity index (χ4v) is 4.67. The maximum Gasteiger partial charge on any atom is 0.248 e. The van der Waals surface area contributed by atoms with E-state index in [2.05, 4.69) is 86.9 Å². The van der Waals surface area contributed by atoms with E-state index in [9.17, 15) is 0 Å². The van der Waals surface area contributed by atoms with Crippen molar-refractivity contribution in [3.8, 4) is 28.7 Å². The van der Waals surface area contributed by atoms with Gasteiger partial charge >= 0.3 is 0 Å². The summed E-state index contributed by atoms with van der Waals surface area (Å²) in [7, 11) is 0. The lowest BCUT2D eigenvalue weighted by Crippen LogP contribution is -2.13. The van der Waals surface area contributed by atoms with Gasteiger partial charge in [-0.1, -0.05) is 44.7 Å². The zero-order chi connectivity index (χ0) is 28.6. The maximum absolute atomic E-state index is 5.88. The number of nitrogens with two attached hydrogens (primary N) is 1. The van der Waals surface area contributed by atoms with Crippen molar-refractivity contribution in [3.05, 3.63) is 71.9 Å². The van der Waals surface area contributed by atoms with E-state index in [0.717, 1.165) is 40.6 Å². The molecule has 1 aliphatic heterocycles. The fourth-order valence-electron chi connectivity index (χ4n) is 4.30. The Morgan fingerprint density at radius 2 is 1.85 bits per heavy atom. The van der Waals surface area contributed by atoms with E-state index in [1.165, 1.54) is 11.8 Å². The van der Waals surface area contributed by atoms with Crippen LogP contribution in [-0.4, -0.2) is 47.7 Å². The van der Waals surface area contributed by atoms with E-state index in [-0.39, 0.29) is 5.41 Å². The minimum absolute atomic E-state index is 0.139. The van der Waals surface area contributed by atoms with Gasteiger partial charge in [-0.05, 0) is 54.3 Å². The molecule has 41 heavy (non-hydrogen) atoms. The van der Waals surface area contributed by atoms with Gasteiger partial charge in [0, 0.05) is 35.3 Å². The smallest absolute Gasteiger partial charge is 0.248 e. The van der Waals surface area contributed by atoms with E-state index in [0.29, 0.717) is 34.4 Å². The normalized spacial score (nSPS) is 12.6. The van der Waals surface area contributed by atoms with Crippen LogP contribution in [0.15, 0.2) is 65.8 Å². The topological polar surface area (TPSA) is 144 Å². The van der Waals surface area contributed by atoms with Gasteiger partial charge in [-0.2, -0.15) is 15.1 Å². The molecule has 5 N–H and O–H groups in total. The zero-order valence-corrected chi connectivity index (χ0v) is 24.0. The van der Waals surface area contributed by atoms with Crippen molar-refractivity contribution in [1.82, 2.24) is 34.9 Å². The molecule has 0 atom stereocenters. The Morgan fingerprint density at radius 3 is 2.63 bits per heavy atom. The molecular formula is C29H30N10OS. The van der Waals surface area contributed by atoms with Gasteiger partial charge in [0.25, 0.3) is 0 Å². The van der Waals surface area contributed by atoms with E-state index in [1.807, 2.05) is 41.3 Å². The summed E-state index contributed by atoms with van der Waals surface area (Å²) in [5.41, 5.74) is 10.7. The Hall–Kier alpha value is -4.84. The van der Waals surface area contributed by atoms with Crippen LogP contribution in [0.1, 0.15) is 32.0 Å². The average molecular weight is 567 g/mol. The molecule has 0 bridgehead atoms. The van der Waals surface area contributed by atoms with Crippen molar-refractivity contribution in [2.24, 2.45) is 0 Å². The molecule has 0 saturated carbocycles. The number of rotatable bonds is 7. The van der Waals surface area contributed by atoms with E-state index < -0.39 is 0 Å². The molecule has 0 saturated heterocycles. The quantitative estimate of drug-likeness (QED) is 0.136. The SMILES string of the molecule is CSc1nc(N)cc(Oc2ccc(-c3nc(Nc4cc(C(C)(C)C)nn4-c4ccc5c(c4)C=CCN5)n[nH]3)cc2)n1. The molecule has 2 aromatic carbocycles. The number of nitrogens with one attached hydrogen (secondary N) is 3. The summed E-state index contributed by atoms with van der Waals surface area (Å²) < 4.78 is 7.77. The Balaban J connectivity index is 1.23. The Labute approximate surface area is 241 Å². The predicted octanol–water partition coefficient (Wildman–Crippen LogP) is 6.02. The Kier molecular flexibility index (Phi) is 6.83. The average Bonchev–Trinajstić information content (AvgIpc) is 3.61. The number of H-pyrrole nitrogens is 1. The number of ether oxygens (including phenoxy) is 1. The number of aromatic nitrogens is 7. The fraction of sp³-hybridized carbons (Fsp3) is 0.207. The molecule has 0 amide bonds. The first-order valence-corrected chi connectivity index (χ1v) is 14.3. The van der Waals surface area contributed by atoms with E-state index in [4.69, 9.17) is 15.6 Å². The molecule has 0 radical (unpaired) electrons. The molecule has 0 aliphatic carbocycles. The highest BCUT2D eigenvalue weighted by atomic mass is 32.2. The lowest BCUT2D eigenvalue weighted by Gasteiger charge is -2.16. The number of fused-ring (bicyclic) bond motifs is 1. The lowest BCUT2D eigenvalue weighted by atomic mass is 9.92. The number of anilines is 4. The Morgan fingerprint density at radius 1 is 1.02 bits per heavy atom. The number of aromatic amines is 1. The van der Waals surface area contributed by atoms with E-state index in [1.54, 1.807) is 6.07 Å². The monoisotopic (exact) mass is 566 g/mol. The molecule has 12 heteroatoms. The summed E-state index contributed by atoms with van der Waals surface area (Å²) in [5.74, 6) is 3.17. The Bertz CT molecular complexity index is 1730. The van der Waals surface area contributed by atoms with Gasteiger partial charge in [0.05, 0.1) is 11.4 Å². The molecule has 1 aliphatic rings. The third-order valence-electron chi connectivity index (χ3n) is 6.43. The van der Waals surface area contributed by atoms with Crippen LogP contribution in [0.5, 0.6) is 11.6 Å². The molecule has 0 spiro atoms. The van der Waals surface area contributed by atoms with Crippen LogP contribution in [0.25, 0.3) is 23.2 Å². The first-order valence-electron chi connectivity index (χ1n) is 13.1. The van der Waals surface area contributed by atoms with Crippen molar-refractivity contribution in [1.29, 1.82) is 0 Å². The van der Waals surface area contributed by atoms with Gasteiger partial charge in [0.2, 0.25) is 11.8 Å². The van der Waals surface area contributed by atoms with Gasteiger partial charge in [0.1, 0.15) is 17.4 Å². The first kappa shape index (κ1) is 26.4. The molecule has 0 fully saturated rings. The largest absolute Gasteiger partial charge is 0.439 e. The minimum Gasteiger partial charge on any atom is -0.439 e. The third-order valence-corrected chi connectivity index (χ3v) is 6.97. The number of benzene rings is 2. The molecule has 5 aromatic rings. The van der Waals surface area contributed by atoms with Gasteiger partial charge in [-0.15, -0.1) is 5.10 Å². The molecule has 0 unspecified atom stereocenters. The molecule has 6 rings (SSSR count). The molecular weight excluding hydrogens is 536 g/mol. The molecule has 208 valence electrons. The molecule has 11 nitrogen and oxygen atoms in total. The van der Waals surface area contributed by atoms with Crippen LogP contribution >= 0.6 is 11.8 Å². The summed E-state index contributed by atoms with van der Waals surface area (Å²) in [5, 5.41) is 19.7. The zero-order valence-electron chi connectivity index (χ0n) is 23.1. The van der Waals surface area contributed by atoms with Crippen LogP contribution < -0.4 is 21.1 Å². The van der Waals surface area contributed by atoms with Gasteiger partial charge in [0.15, 0.2) is 11.0 Å². The van der Waals surface area contributed by atoms with Crippen molar-refractivity contribution in [3.63, 3.8) is 0 Å². The van der Waals surface area contributed by atoms with Crippen LogP contribution in [0.4, 0.5) is 23.3 Å². The first-order chi connectivity index (χ1) is 19.7. The minimum atomic E-state index is -0.139. The van der Waals surface area contributed by atoms with Crippen LogP contribution in [0.2, 0.25) is 0 Å². The highest BCUT2D eigenvalue weighted by molar-refractivity contribution is 7.98. The number of nitrogens with zero attached hydrogens (tertiary/aromatic N) is 6. The number of hydrogen-bond donors (Lipinski definition) is 4. The summed E-state index contributed by atoms with van der Waals surface area (Å²) in [6.45, 7) is 7.25. The second kappa shape index (κ2) is 10.6. The van der Waals surface area contributed by atoms with Gasteiger partial charge in [-0.3, -0.25) is 5.10 Å². The summed E-state index contributed by atoms with van der Waals surface area (Å²) in [4.78, 5) is 13.2. The number of hydrogen-bond acceptors (Lipinski definition) is 10. The summed E-state index contributed by atoms with van der Waals surface area (Å²) in [6, 6.07) is 17.4. The maximum atomic E-state index is 5.88. The second-order valence-corrected chi connectivity index (χ2v) is 11.3. The third kappa shape index (κ3) is 5.73. The van der Waals surface area contributed by atoms with Crippen LogP contribution in [0, 0.1) is 0 Å². The van der Waals surface area contributed by atoms with E-state index >= 15 is 0 Å². The van der Waals surface area contributed by atoms with Crippen LogP contribution in [0.3, 0.4) is 0 Å². The van der Waals surface area contributed by atoms with Crippen LogP contribution in [-0.2, 0) is 5.41 Å². The molecule has 3 aromatic heterocycles.